The standard InChI is InChI=1S/C31H35N7O6/c1-42-25-14-22(15-26(43-2)28(25)44-3)37-16-27(32-18-37)34-30-33-24-13-20(19-8-11-36(12-9-19)31(40)41)6-7-23(24)29(35-30)38-10-4-5-21(38)17-39/h6-8,13-16,18,21,39H,4-5,9-12,17H2,1-3H3,(H,40,41)(H,33,34,35). The van der Waals surface area contributed by atoms with Gasteiger partial charge in [0.05, 0.1) is 51.4 Å². The molecule has 2 aliphatic heterocycles. The summed E-state index contributed by atoms with van der Waals surface area (Å²) in [5.74, 6) is 3.20. The third-order valence-corrected chi connectivity index (χ3v) is 8.16. The number of benzene rings is 2. The molecule has 0 saturated carbocycles. The minimum absolute atomic E-state index is 0.0251. The van der Waals surface area contributed by atoms with Crippen molar-refractivity contribution in [1.29, 1.82) is 0 Å². The molecule has 0 aliphatic carbocycles. The molecular formula is C31H35N7O6. The third-order valence-electron chi connectivity index (χ3n) is 8.16. The lowest BCUT2D eigenvalue weighted by Gasteiger charge is -2.26. The zero-order chi connectivity index (χ0) is 30.8. The number of rotatable bonds is 9. The van der Waals surface area contributed by atoms with Crippen LogP contribution in [0.4, 0.5) is 22.4 Å². The molecule has 3 N–H and O–H groups in total. The minimum atomic E-state index is -0.913. The number of hydrogen-bond donors (Lipinski definition) is 3. The van der Waals surface area contributed by atoms with Crippen LogP contribution in [0.15, 0.2) is 48.9 Å². The molecule has 6 rings (SSSR count). The average Bonchev–Trinajstić information content (AvgIpc) is 3.73. The van der Waals surface area contributed by atoms with Gasteiger partial charge in [-0.1, -0.05) is 12.1 Å². The predicted octanol–water partition coefficient (Wildman–Crippen LogP) is 4.31. The minimum Gasteiger partial charge on any atom is -0.493 e. The maximum Gasteiger partial charge on any atom is 0.407 e. The number of nitrogens with one attached hydrogen (secondary N) is 1. The summed E-state index contributed by atoms with van der Waals surface area (Å²) >= 11 is 0. The lowest BCUT2D eigenvalue weighted by Crippen LogP contribution is -2.33. The number of carboxylic acid groups (broad SMARTS) is 1. The van der Waals surface area contributed by atoms with Gasteiger partial charge in [0.15, 0.2) is 17.3 Å². The van der Waals surface area contributed by atoms with Crippen molar-refractivity contribution in [2.75, 3.05) is 57.8 Å². The summed E-state index contributed by atoms with van der Waals surface area (Å²) in [4.78, 5) is 29.2. The van der Waals surface area contributed by atoms with Gasteiger partial charge in [0.1, 0.15) is 12.1 Å². The fourth-order valence-corrected chi connectivity index (χ4v) is 5.86. The maximum absolute atomic E-state index is 11.4. The Balaban J connectivity index is 1.36. The van der Waals surface area contributed by atoms with E-state index in [-0.39, 0.29) is 12.6 Å². The zero-order valence-corrected chi connectivity index (χ0v) is 24.9. The van der Waals surface area contributed by atoms with Crippen LogP contribution in [0.25, 0.3) is 22.2 Å². The van der Waals surface area contributed by atoms with Gasteiger partial charge in [0, 0.05) is 37.2 Å². The SMILES string of the molecule is COc1cc(-n2cnc(Nc3nc(N4CCCC4CO)c4ccc(C5=CCN(C(=O)O)CC5)cc4n3)c2)cc(OC)c1OC. The summed E-state index contributed by atoms with van der Waals surface area (Å²) < 4.78 is 18.3. The molecule has 0 spiro atoms. The van der Waals surface area contributed by atoms with Crippen molar-refractivity contribution in [3.63, 3.8) is 0 Å². The van der Waals surface area contributed by atoms with E-state index in [9.17, 15) is 15.0 Å². The Labute approximate surface area is 254 Å². The molecule has 0 bridgehead atoms. The molecule has 2 aliphatic rings. The quantitative estimate of drug-likeness (QED) is 0.252. The number of nitrogens with zero attached hydrogens (tertiary/aromatic N) is 6. The molecule has 0 radical (unpaired) electrons. The Kier molecular flexibility index (Phi) is 8.11. The smallest absolute Gasteiger partial charge is 0.407 e. The molecule has 4 aromatic rings. The summed E-state index contributed by atoms with van der Waals surface area (Å²) in [5.41, 5.74) is 3.57. The van der Waals surface area contributed by atoms with Crippen molar-refractivity contribution in [2.24, 2.45) is 0 Å². The highest BCUT2D eigenvalue weighted by Crippen LogP contribution is 2.39. The van der Waals surface area contributed by atoms with E-state index >= 15 is 0 Å². The summed E-state index contributed by atoms with van der Waals surface area (Å²) in [6.45, 7) is 1.62. The van der Waals surface area contributed by atoms with Crippen LogP contribution in [0, 0.1) is 0 Å². The second-order valence-electron chi connectivity index (χ2n) is 10.7. The molecule has 2 aromatic heterocycles. The first-order valence-electron chi connectivity index (χ1n) is 14.4. The molecule has 1 saturated heterocycles. The van der Waals surface area contributed by atoms with Gasteiger partial charge >= 0.3 is 6.09 Å². The molecule has 1 fully saturated rings. The number of carbonyl (C=O) groups is 1. The molecule has 230 valence electrons. The number of methoxy groups -OCH3 is 3. The molecule has 13 heteroatoms. The molecule has 13 nitrogen and oxygen atoms in total. The van der Waals surface area contributed by atoms with Gasteiger partial charge in [0.25, 0.3) is 0 Å². The van der Waals surface area contributed by atoms with Crippen LogP contribution >= 0.6 is 0 Å². The number of aromatic nitrogens is 4. The fraction of sp³-hybridized carbons (Fsp3) is 0.355. The van der Waals surface area contributed by atoms with Crippen molar-refractivity contribution < 1.29 is 29.2 Å². The highest BCUT2D eigenvalue weighted by Gasteiger charge is 2.28. The second kappa shape index (κ2) is 12.3. The highest BCUT2D eigenvalue weighted by molar-refractivity contribution is 5.93. The monoisotopic (exact) mass is 601 g/mol. The number of anilines is 3. The van der Waals surface area contributed by atoms with Gasteiger partial charge < -0.3 is 44.1 Å². The summed E-state index contributed by atoms with van der Waals surface area (Å²) in [5, 5.41) is 23.5. The second-order valence-corrected chi connectivity index (χ2v) is 10.7. The number of fused-ring (bicyclic) bond motifs is 1. The Morgan fingerprint density at radius 1 is 1.07 bits per heavy atom. The number of aliphatic hydroxyl groups excluding tert-OH is 1. The van der Waals surface area contributed by atoms with Crippen molar-refractivity contribution in [2.45, 2.75) is 25.3 Å². The topological polar surface area (TPSA) is 147 Å². The fourth-order valence-electron chi connectivity index (χ4n) is 5.86. The summed E-state index contributed by atoms with van der Waals surface area (Å²) in [6.07, 6.45) is 7.00. The molecule has 1 unspecified atom stereocenters. The Morgan fingerprint density at radius 2 is 1.86 bits per heavy atom. The van der Waals surface area contributed by atoms with Gasteiger partial charge in [-0.2, -0.15) is 4.98 Å². The lowest BCUT2D eigenvalue weighted by atomic mass is 9.98. The van der Waals surface area contributed by atoms with Crippen LogP contribution in [0.2, 0.25) is 0 Å². The van der Waals surface area contributed by atoms with Crippen LogP contribution in [0.3, 0.4) is 0 Å². The first-order valence-corrected chi connectivity index (χ1v) is 14.4. The summed E-state index contributed by atoms with van der Waals surface area (Å²) in [7, 11) is 4.70. The Morgan fingerprint density at radius 3 is 2.52 bits per heavy atom. The molecule has 1 atom stereocenters. The van der Waals surface area contributed by atoms with Crippen LogP contribution in [0.1, 0.15) is 24.8 Å². The largest absolute Gasteiger partial charge is 0.493 e. The molecule has 1 amide bonds. The first kappa shape index (κ1) is 29.1. The van der Waals surface area contributed by atoms with Gasteiger partial charge in [-0.15, -0.1) is 0 Å². The van der Waals surface area contributed by atoms with E-state index in [4.69, 9.17) is 24.2 Å². The van der Waals surface area contributed by atoms with E-state index in [1.807, 2.05) is 47.2 Å². The van der Waals surface area contributed by atoms with Crippen LogP contribution in [-0.4, -0.2) is 94.3 Å². The number of aliphatic hydroxyl groups is 1. The zero-order valence-electron chi connectivity index (χ0n) is 24.9. The molecule has 2 aromatic carbocycles. The van der Waals surface area contributed by atoms with E-state index in [0.717, 1.165) is 52.9 Å². The lowest BCUT2D eigenvalue weighted by molar-refractivity contribution is 0.150. The highest BCUT2D eigenvalue weighted by atomic mass is 16.5. The van der Waals surface area contributed by atoms with Gasteiger partial charge in [-0.3, -0.25) is 0 Å². The molecular weight excluding hydrogens is 566 g/mol. The van der Waals surface area contributed by atoms with Crippen molar-refractivity contribution in [3.8, 4) is 22.9 Å². The van der Waals surface area contributed by atoms with Crippen LogP contribution < -0.4 is 24.4 Å². The predicted molar refractivity (Wildman–Crippen MR) is 166 cm³/mol. The van der Waals surface area contributed by atoms with Gasteiger partial charge in [-0.25, -0.2) is 14.8 Å². The normalized spacial score (nSPS) is 16.6. The van der Waals surface area contributed by atoms with E-state index in [1.54, 1.807) is 27.7 Å². The maximum atomic E-state index is 11.4. The number of amides is 1. The Bertz CT molecular complexity index is 1700. The van der Waals surface area contributed by atoms with Crippen LogP contribution in [0.5, 0.6) is 17.2 Å². The number of ether oxygens (including phenoxy) is 3. The first-order chi connectivity index (χ1) is 21.4. The number of imidazole rings is 1. The van der Waals surface area contributed by atoms with Gasteiger partial charge in [-0.05, 0) is 42.5 Å². The number of hydrogen-bond acceptors (Lipinski definition) is 10. The van der Waals surface area contributed by atoms with Crippen LogP contribution in [-0.2, 0) is 0 Å². The van der Waals surface area contributed by atoms with E-state index in [2.05, 4.69) is 15.2 Å². The summed E-state index contributed by atoms with van der Waals surface area (Å²) in [6, 6.07) is 9.71. The van der Waals surface area contributed by atoms with E-state index in [0.29, 0.717) is 48.5 Å². The van der Waals surface area contributed by atoms with E-state index in [1.165, 1.54) is 4.90 Å². The third kappa shape index (κ3) is 5.53. The average molecular weight is 602 g/mol. The molecule has 4 heterocycles. The van der Waals surface area contributed by atoms with E-state index < -0.39 is 6.09 Å². The Hall–Kier alpha value is -5.04. The molecule has 44 heavy (non-hydrogen) atoms. The van der Waals surface area contributed by atoms with Crippen molar-refractivity contribution in [1.82, 2.24) is 24.4 Å². The van der Waals surface area contributed by atoms with Crippen molar-refractivity contribution >= 4 is 40.2 Å². The van der Waals surface area contributed by atoms with Gasteiger partial charge in [0.2, 0.25) is 11.7 Å². The van der Waals surface area contributed by atoms with Crippen molar-refractivity contribution in [3.05, 3.63) is 54.5 Å².